The van der Waals surface area contributed by atoms with Gasteiger partial charge in [-0.05, 0) is 67.3 Å². The minimum Gasteiger partial charge on any atom is -0.368 e. The summed E-state index contributed by atoms with van der Waals surface area (Å²) in [6.07, 6.45) is 0. The number of piperazine rings is 1. The maximum atomic E-state index is 13.2. The molecule has 1 fully saturated rings. The van der Waals surface area contributed by atoms with Crippen LogP contribution in [-0.4, -0.2) is 52.0 Å². The Morgan fingerprint density at radius 3 is 2.45 bits per heavy atom. The van der Waals surface area contributed by atoms with E-state index in [-0.39, 0.29) is 5.91 Å². The highest BCUT2D eigenvalue weighted by Gasteiger charge is 2.23. The first-order chi connectivity index (χ1) is 16.0. The Kier molecular flexibility index (Phi) is 5.58. The smallest absolute Gasteiger partial charge is 0.254 e. The summed E-state index contributed by atoms with van der Waals surface area (Å²) < 4.78 is 1.90. The Morgan fingerprint density at radius 1 is 0.879 bits per heavy atom. The molecule has 168 valence electrons. The zero-order valence-corrected chi connectivity index (χ0v) is 19.5. The van der Waals surface area contributed by atoms with Crippen molar-refractivity contribution in [3.63, 3.8) is 0 Å². The van der Waals surface area contributed by atoms with Crippen LogP contribution in [0.2, 0.25) is 0 Å². The number of carbonyl (C=O) groups is 1. The average molecular weight is 440 g/mol. The number of hydrogen-bond acceptors (Lipinski definition) is 4. The van der Waals surface area contributed by atoms with Gasteiger partial charge in [-0.2, -0.15) is 0 Å². The highest BCUT2D eigenvalue weighted by molar-refractivity contribution is 5.97. The average Bonchev–Trinajstić information content (AvgIpc) is 3.24. The van der Waals surface area contributed by atoms with Gasteiger partial charge in [-0.25, -0.2) is 4.68 Å². The van der Waals surface area contributed by atoms with Gasteiger partial charge in [0.15, 0.2) is 0 Å². The molecule has 4 aromatic rings. The molecule has 0 saturated carbocycles. The Morgan fingerprint density at radius 2 is 1.67 bits per heavy atom. The minimum absolute atomic E-state index is 0.0611. The number of aryl methyl sites for hydroxylation is 3. The summed E-state index contributed by atoms with van der Waals surface area (Å²) in [5, 5.41) is 8.67. The molecule has 5 rings (SSSR count). The Labute approximate surface area is 194 Å². The van der Waals surface area contributed by atoms with Gasteiger partial charge in [0, 0.05) is 37.4 Å². The summed E-state index contributed by atoms with van der Waals surface area (Å²) in [7, 11) is 0. The Hall–Kier alpha value is -3.67. The van der Waals surface area contributed by atoms with Gasteiger partial charge in [0.2, 0.25) is 0 Å². The van der Waals surface area contributed by atoms with Crippen LogP contribution in [0, 0.1) is 20.8 Å². The molecule has 0 bridgehead atoms. The van der Waals surface area contributed by atoms with Crippen LogP contribution >= 0.6 is 0 Å². The van der Waals surface area contributed by atoms with Crippen molar-refractivity contribution in [3.8, 4) is 0 Å². The van der Waals surface area contributed by atoms with Crippen LogP contribution in [0.25, 0.3) is 11.0 Å². The third-order valence-corrected chi connectivity index (χ3v) is 6.61. The number of fused-ring (bicyclic) bond motifs is 1. The van der Waals surface area contributed by atoms with Crippen LogP contribution in [0.4, 0.5) is 5.69 Å². The molecule has 1 aliphatic rings. The molecule has 0 N–H and O–H groups in total. The van der Waals surface area contributed by atoms with E-state index in [9.17, 15) is 4.79 Å². The van der Waals surface area contributed by atoms with E-state index in [1.807, 2.05) is 39.9 Å². The van der Waals surface area contributed by atoms with Crippen molar-refractivity contribution in [1.29, 1.82) is 0 Å². The Bertz CT molecular complexity index is 1320. The molecule has 2 heterocycles. The minimum atomic E-state index is 0.0611. The summed E-state index contributed by atoms with van der Waals surface area (Å²) in [6.45, 7) is 10.1. The summed E-state index contributed by atoms with van der Waals surface area (Å²) in [5.41, 5.74) is 8.62. The molecular weight excluding hydrogens is 410 g/mol. The third kappa shape index (κ3) is 4.21. The lowest BCUT2D eigenvalue weighted by atomic mass is 10.1. The predicted octanol–water partition coefficient (Wildman–Crippen LogP) is 4.37. The second-order valence-electron chi connectivity index (χ2n) is 8.95. The van der Waals surface area contributed by atoms with Crippen molar-refractivity contribution in [1.82, 2.24) is 19.9 Å². The molecule has 0 aliphatic carbocycles. The van der Waals surface area contributed by atoms with E-state index in [2.05, 4.69) is 66.3 Å². The normalized spacial score (nSPS) is 14.2. The zero-order valence-electron chi connectivity index (χ0n) is 19.5. The summed E-state index contributed by atoms with van der Waals surface area (Å²) >= 11 is 0. The van der Waals surface area contributed by atoms with Crippen LogP contribution in [0.15, 0.2) is 60.7 Å². The topological polar surface area (TPSA) is 54.3 Å². The van der Waals surface area contributed by atoms with Gasteiger partial charge in [-0.1, -0.05) is 41.6 Å². The van der Waals surface area contributed by atoms with Gasteiger partial charge in [-0.15, -0.1) is 5.10 Å². The SMILES string of the molecule is Cc1ccc(C)c(N2CCN(C(=O)c3ccc4c(c3)nnn4Cc3ccccc3C)CC2)c1. The second-order valence-corrected chi connectivity index (χ2v) is 8.95. The lowest BCUT2D eigenvalue weighted by Crippen LogP contribution is -2.49. The number of hydrogen-bond donors (Lipinski definition) is 0. The van der Waals surface area contributed by atoms with E-state index < -0.39 is 0 Å². The number of nitrogens with zero attached hydrogens (tertiary/aromatic N) is 5. The maximum absolute atomic E-state index is 13.2. The lowest BCUT2D eigenvalue weighted by Gasteiger charge is -2.37. The van der Waals surface area contributed by atoms with E-state index in [0.717, 1.165) is 24.1 Å². The number of aromatic nitrogens is 3. The van der Waals surface area contributed by atoms with E-state index in [4.69, 9.17) is 0 Å². The van der Waals surface area contributed by atoms with Crippen molar-refractivity contribution >= 4 is 22.6 Å². The molecule has 6 heteroatoms. The van der Waals surface area contributed by atoms with E-state index in [1.54, 1.807) is 0 Å². The molecule has 1 amide bonds. The van der Waals surface area contributed by atoms with Gasteiger partial charge < -0.3 is 9.80 Å². The summed E-state index contributed by atoms with van der Waals surface area (Å²) in [5.74, 6) is 0.0611. The second kappa shape index (κ2) is 8.70. The Balaban J connectivity index is 1.29. The van der Waals surface area contributed by atoms with E-state index >= 15 is 0 Å². The zero-order chi connectivity index (χ0) is 22.9. The molecule has 1 saturated heterocycles. The van der Waals surface area contributed by atoms with Crippen LogP contribution in [0.5, 0.6) is 0 Å². The third-order valence-electron chi connectivity index (χ3n) is 6.61. The number of benzene rings is 3. The first-order valence-electron chi connectivity index (χ1n) is 11.5. The molecule has 0 atom stereocenters. The van der Waals surface area contributed by atoms with Crippen molar-refractivity contribution in [2.45, 2.75) is 27.3 Å². The quantitative estimate of drug-likeness (QED) is 0.474. The number of carbonyl (C=O) groups excluding carboxylic acids is 1. The first kappa shape index (κ1) is 21.2. The van der Waals surface area contributed by atoms with E-state index in [1.165, 1.54) is 27.9 Å². The van der Waals surface area contributed by atoms with Gasteiger partial charge >= 0.3 is 0 Å². The van der Waals surface area contributed by atoms with Crippen LogP contribution < -0.4 is 4.90 Å². The maximum Gasteiger partial charge on any atom is 0.254 e. The molecule has 0 radical (unpaired) electrons. The summed E-state index contributed by atoms with van der Waals surface area (Å²) in [4.78, 5) is 17.5. The van der Waals surface area contributed by atoms with E-state index in [0.29, 0.717) is 25.2 Å². The first-order valence-corrected chi connectivity index (χ1v) is 11.5. The highest BCUT2D eigenvalue weighted by Crippen LogP contribution is 2.24. The number of anilines is 1. The molecule has 1 aromatic heterocycles. The largest absolute Gasteiger partial charge is 0.368 e. The molecule has 6 nitrogen and oxygen atoms in total. The fourth-order valence-corrected chi connectivity index (χ4v) is 4.56. The highest BCUT2D eigenvalue weighted by atomic mass is 16.2. The van der Waals surface area contributed by atoms with Gasteiger partial charge in [-0.3, -0.25) is 4.79 Å². The number of amides is 1. The molecule has 1 aliphatic heterocycles. The molecule has 0 spiro atoms. The van der Waals surface area contributed by atoms with Gasteiger partial charge in [0.1, 0.15) is 5.52 Å². The van der Waals surface area contributed by atoms with Crippen molar-refractivity contribution < 1.29 is 4.79 Å². The number of rotatable bonds is 4. The lowest BCUT2D eigenvalue weighted by molar-refractivity contribution is 0.0747. The molecule has 33 heavy (non-hydrogen) atoms. The van der Waals surface area contributed by atoms with Gasteiger partial charge in [0.05, 0.1) is 12.1 Å². The standard InChI is InChI=1S/C27H29N5O/c1-19-8-9-21(3)26(16-19)30-12-14-31(15-13-30)27(33)22-10-11-25-24(17-22)28-29-32(25)18-23-7-5-4-6-20(23)2/h4-11,16-17H,12-15,18H2,1-3H3. The molecule has 0 unspecified atom stereocenters. The van der Waals surface area contributed by atoms with Crippen LogP contribution in [0.3, 0.4) is 0 Å². The predicted molar refractivity (Wildman–Crippen MR) is 132 cm³/mol. The molecular formula is C27H29N5O. The van der Waals surface area contributed by atoms with Crippen molar-refractivity contribution in [2.24, 2.45) is 0 Å². The fraction of sp³-hybridized carbons (Fsp3) is 0.296. The molecule has 3 aromatic carbocycles. The van der Waals surface area contributed by atoms with Crippen molar-refractivity contribution in [3.05, 3.63) is 88.5 Å². The summed E-state index contributed by atoms with van der Waals surface area (Å²) in [6, 6.07) is 20.6. The van der Waals surface area contributed by atoms with Crippen molar-refractivity contribution in [2.75, 3.05) is 31.1 Å². The fourth-order valence-electron chi connectivity index (χ4n) is 4.56. The monoisotopic (exact) mass is 439 g/mol. The van der Waals surface area contributed by atoms with Gasteiger partial charge in [0.25, 0.3) is 5.91 Å². The van der Waals surface area contributed by atoms with Crippen LogP contribution in [0.1, 0.15) is 32.6 Å². The van der Waals surface area contributed by atoms with Crippen LogP contribution in [-0.2, 0) is 6.54 Å².